The van der Waals surface area contributed by atoms with E-state index in [-0.39, 0.29) is 17.1 Å². The second-order valence-corrected chi connectivity index (χ2v) is 5.01. The molecule has 2 aromatic heterocycles. The molecule has 0 saturated heterocycles. The molecule has 0 aliphatic heterocycles. The van der Waals surface area contributed by atoms with Crippen LogP contribution in [0.4, 0.5) is 0 Å². The van der Waals surface area contributed by atoms with Crippen molar-refractivity contribution >= 4 is 11.2 Å². The van der Waals surface area contributed by atoms with Gasteiger partial charge in [-0.25, -0.2) is 4.68 Å². The molecule has 0 N–H and O–H groups in total. The predicted molar refractivity (Wildman–Crippen MR) is 81.9 cm³/mol. The van der Waals surface area contributed by atoms with Crippen molar-refractivity contribution in [1.29, 1.82) is 0 Å². The quantitative estimate of drug-likeness (QED) is 0.711. The van der Waals surface area contributed by atoms with Crippen LogP contribution in [0.2, 0.25) is 0 Å². The molecule has 0 unspecified atom stereocenters. The summed E-state index contributed by atoms with van der Waals surface area (Å²) in [6, 6.07) is 10.1. The first-order chi connectivity index (χ1) is 10.7. The van der Waals surface area contributed by atoms with E-state index in [4.69, 9.17) is 4.74 Å². The van der Waals surface area contributed by atoms with E-state index >= 15 is 0 Å². The highest BCUT2D eigenvalue weighted by Gasteiger charge is 2.15. The van der Waals surface area contributed by atoms with Crippen molar-refractivity contribution in [1.82, 2.24) is 24.5 Å². The van der Waals surface area contributed by atoms with Gasteiger partial charge in [0.2, 0.25) is 0 Å². The molecule has 2 heterocycles. The van der Waals surface area contributed by atoms with Crippen LogP contribution in [0.1, 0.15) is 18.9 Å². The van der Waals surface area contributed by atoms with E-state index in [1.54, 1.807) is 11.7 Å². The zero-order valence-electron chi connectivity index (χ0n) is 12.6. The molecule has 0 spiro atoms. The third-order valence-electron chi connectivity index (χ3n) is 3.32. The summed E-state index contributed by atoms with van der Waals surface area (Å²) < 4.78 is 8.51. The normalized spacial score (nSPS) is 11.0. The van der Waals surface area contributed by atoms with Crippen molar-refractivity contribution in [2.45, 2.75) is 19.9 Å². The van der Waals surface area contributed by atoms with Gasteiger partial charge in [0.15, 0.2) is 11.2 Å². The minimum absolute atomic E-state index is 0.252. The average Bonchev–Trinajstić information content (AvgIpc) is 2.93. The first-order valence-electron chi connectivity index (χ1n) is 7.17. The highest BCUT2D eigenvalue weighted by atomic mass is 16.5. The number of ether oxygens (including phenoxy) is 1. The van der Waals surface area contributed by atoms with Gasteiger partial charge in [0, 0.05) is 7.05 Å². The summed E-state index contributed by atoms with van der Waals surface area (Å²) in [5, 5.41) is 8.01. The molecule has 1 aromatic carbocycles. The van der Waals surface area contributed by atoms with E-state index in [2.05, 4.69) is 15.3 Å². The summed E-state index contributed by atoms with van der Waals surface area (Å²) in [6.45, 7) is 3.01. The van der Waals surface area contributed by atoms with Gasteiger partial charge in [0.1, 0.15) is 0 Å². The molecular formula is C15H17N5O2. The smallest absolute Gasteiger partial charge is 0.301 e. The number of rotatable bonds is 5. The summed E-state index contributed by atoms with van der Waals surface area (Å²) in [5.74, 6) is 0. The topological polar surface area (TPSA) is 74.8 Å². The van der Waals surface area contributed by atoms with Crippen molar-refractivity contribution in [3.8, 4) is 6.01 Å². The lowest BCUT2D eigenvalue weighted by Crippen LogP contribution is -2.21. The molecule has 0 amide bonds. The zero-order chi connectivity index (χ0) is 15.5. The van der Waals surface area contributed by atoms with Gasteiger partial charge in [-0.2, -0.15) is 4.98 Å². The third-order valence-corrected chi connectivity index (χ3v) is 3.32. The number of fused-ring (bicyclic) bond motifs is 1. The van der Waals surface area contributed by atoms with Crippen LogP contribution in [0.5, 0.6) is 6.01 Å². The Balaban J connectivity index is 2.05. The van der Waals surface area contributed by atoms with Crippen LogP contribution in [0.3, 0.4) is 0 Å². The monoisotopic (exact) mass is 299 g/mol. The molecular weight excluding hydrogens is 282 g/mol. The first-order valence-corrected chi connectivity index (χ1v) is 7.17. The third kappa shape index (κ3) is 2.57. The zero-order valence-corrected chi connectivity index (χ0v) is 12.6. The fourth-order valence-electron chi connectivity index (χ4n) is 2.15. The number of benzene rings is 1. The van der Waals surface area contributed by atoms with Crippen molar-refractivity contribution < 1.29 is 4.74 Å². The molecule has 0 bridgehead atoms. The first kappa shape index (κ1) is 14.2. The van der Waals surface area contributed by atoms with Crippen molar-refractivity contribution in [3.05, 3.63) is 46.2 Å². The average molecular weight is 299 g/mol. The Kier molecular flexibility index (Phi) is 3.86. The lowest BCUT2D eigenvalue weighted by Gasteiger charge is -2.08. The molecule has 0 radical (unpaired) electrons. The molecule has 0 atom stereocenters. The molecule has 3 rings (SSSR count). The maximum atomic E-state index is 12.3. The molecule has 0 aliphatic rings. The van der Waals surface area contributed by atoms with Crippen molar-refractivity contribution in [3.63, 3.8) is 0 Å². The highest BCUT2D eigenvalue weighted by molar-refractivity contribution is 5.68. The van der Waals surface area contributed by atoms with Crippen molar-refractivity contribution in [2.24, 2.45) is 7.05 Å². The van der Waals surface area contributed by atoms with Crippen LogP contribution in [0.15, 0.2) is 35.1 Å². The van der Waals surface area contributed by atoms with Crippen LogP contribution in [0.25, 0.3) is 11.2 Å². The number of hydrogen-bond acceptors (Lipinski definition) is 5. The molecule has 0 fully saturated rings. The lowest BCUT2D eigenvalue weighted by atomic mass is 10.2. The molecule has 3 aromatic rings. The van der Waals surface area contributed by atoms with E-state index in [9.17, 15) is 4.79 Å². The van der Waals surface area contributed by atoms with E-state index < -0.39 is 0 Å². The van der Waals surface area contributed by atoms with Gasteiger partial charge in [0.25, 0.3) is 5.56 Å². The van der Waals surface area contributed by atoms with Gasteiger partial charge in [-0.05, 0) is 12.0 Å². The van der Waals surface area contributed by atoms with E-state index in [0.29, 0.717) is 18.8 Å². The summed E-state index contributed by atoms with van der Waals surface area (Å²) in [7, 11) is 1.62. The minimum Gasteiger partial charge on any atom is -0.465 e. The van der Waals surface area contributed by atoms with E-state index in [1.165, 1.54) is 4.57 Å². The fourth-order valence-corrected chi connectivity index (χ4v) is 2.15. The summed E-state index contributed by atoms with van der Waals surface area (Å²) in [5.41, 5.74) is 1.50. The lowest BCUT2D eigenvalue weighted by molar-refractivity contribution is 0.278. The second-order valence-electron chi connectivity index (χ2n) is 5.01. The van der Waals surface area contributed by atoms with Gasteiger partial charge in [-0.3, -0.25) is 9.36 Å². The summed E-state index contributed by atoms with van der Waals surface area (Å²) >= 11 is 0. The van der Waals surface area contributed by atoms with Crippen LogP contribution < -0.4 is 10.3 Å². The van der Waals surface area contributed by atoms with Gasteiger partial charge in [-0.15, -0.1) is 5.10 Å². The SMILES string of the molecule is CCCOc1nc2c(nnn2Cc2ccccc2)c(=O)n1C. The maximum Gasteiger partial charge on any atom is 0.301 e. The van der Waals surface area contributed by atoms with Crippen molar-refractivity contribution in [2.75, 3.05) is 6.61 Å². The largest absolute Gasteiger partial charge is 0.465 e. The standard InChI is InChI=1S/C15H17N5O2/c1-3-9-22-15-16-13-12(14(21)19(15)2)17-18-20(13)10-11-7-5-4-6-8-11/h4-8H,3,9-10H2,1-2H3. The number of nitrogens with zero attached hydrogens (tertiary/aromatic N) is 5. The Morgan fingerprint density at radius 3 is 2.73 bits per heavy atom. The van der Waals surface area contributed by atoms with Crippen LogP contribution in [0, 0.1) is 0 Å². The molecule has 22 heavy (non-hydrogen) atoms. The molecule has 0 saturated carbocycles. The Morgan fingerprint density at radius 2 is 2.00 bits per heavy atom. The van der Waals surface area contributed by atoms with Gasteiger partial charge in [0.05, 0.1) is 13.2 Å². The maximum absolute atomic E-state index is 12.3. The Hall–Kier alpha value is -2.70. The van der Waals surface area contributed by atoms with Gasteiger partial charge in [-0.1, -0.05) is 42.5 Å². The highest BCUT2D eigenvalue weighted by Crippen LogP contribution is 2.12. The minimum atomic E-state index is -0.254. The van der Waals surface area contributed by atoms with Crippen LogP contribution in [-0.4, -0.2) is 31.2 Å². The summed E-state index contributed by atoms with van der Waals surface area (Å²) in [4.78, 5) is 16.7. The van der Waals surface area contributed by atoms with Gasteiger partial charge < -0.3 is 4.74 Å². The Bertz CT molecular complexity index is 838. The second kappa shape index (κ2) is 5.97. The molecule has 0 aliphatic carbocycles. The predicted octanol–water partition coefficient (Wildman–Crippen LogP) is 1.36. The summed E-state index contributed by atoms with van der Waals surface area (Å²) in [6.07, 6.45) is 0.843. The number of hydrogen-bond donors (Lipinski definition) is 0. The Morgan fingerprint density at radius 1 is 1.23 bits per heavy atom. The van der Waals surface area contributed by atoms with Crippen LogP contribution in [-0.2, 0) is 13.6 Å². The number of aromatic nitrogens is 5. The molecule has 7 nitrogen and oxygen atoms in total. The molecule has 7 heteroatoms. The molecule has 114 valence electrons. The Labute approximate surface area is 127 Å². The van der Waals surface area contributed by atoms with E-state index in [0.717, 1.165) is 12.0 Å². The van der Waals surface area contributed by atoms with Gasteiger partial charge >= 0.3 is 6.01 Å². The fraction of sp³-hybridized carbons (Fsp3) is 0.333. The van der Waals surface area contributed by atoms with Crippen LogP contribution >= 0.6 is 0 Å². The van der Waals surface area contributed by atoms with E-state index in [1.807, 2.05) is 37.3 Å².